The lowest BCUT2D eigenvalue weighted by atomic mass is 10.1. The molecule has 0 saturated heterocycles. The minimum absolute atomic E-state index is 0.477. The molecule has 0 aromatic heterocycles. The molecule has 0 rings (SSSR count). The first-order valence-electron chi connectivity index (χ1n) is 6.50. The second kappa shape index (κ2) is 14.2. The fourth-order valence-corrected chi connectivity index (χ4v) is 1.77. The molecule has 0 aromatic rings. The first-order chi connectivity index (χ1) is 7.91. The van der Waals surface area contributed by atoms with Crippen molar-refractivity contribution in [1.82, 2.24) is 0 Å². The van der Waals surface area contributed by atoms with Gasteiger partial charge in [0.1, 0.15) is 0 Å². The van der Waals surface area contributed by atoms with Gasteiger partial charge >= 0.3 is 0 Å². The van der Waals surface area contributed by atoms with E-state index < -0.39 is 0 Å². The second-order valence-corrected chi connectivity index (χ2v) is 4.24. The SMILES string of the molecule is O=NCCCCCCCCCCCCN=O. The van der Waals surface area contributed by atoms with Crippen molar-refractivity contribution in [3.05, 3.63) is 9.81 Å². The highest BCUT2D eigenvalue weighted by Gasteiger charge is 1.93. The van der Waals surface area contributed by atoms with Crippen LogP contribution in [0.4, 0.5) is 0 Å². The number of unbranched alkanes of at least 4 members (excludes halogenated alkanes) is 9. The zero-order valence-corrected chi connectivity index (χ0v) is 10.2. The van der Waals surface area contributed by atoms with Gasteiger partial charge in [0.2, 0.25) is 0 Å². The van der Waals surface area contributed by atoms with Gasteiger partial charge in [-0.15, -0.1) is 0 Å². The molecule has 0 spiro atoms. The van der Waals surface area contributed by atoms with E-state index >= 15 is 0 Å². The van der Waals surface area contributed by atoms with Gasteiger partial charge in [0.15, 0.2) is 0 Å². The molecule has 4 nitrogen and oxygen atoms in total. The Labute approximate surface area is 98.1 Å². The Kier molecular flexibility index (Phi) is 13.5. The van der Waals surface area contributed by atoms with Crippen molar-refractivity contribution in [2.45, 2.75) is 64.2 Å². The van der Waals surface area contributed by atoms with Crippen molar-refractivity contribution in [3.63, 3.8) is 0 Å². The smallest absolute Gasteiger partial charge is 0.0811 e. The average molecular weight is 228 g/mol. The summed E-state index contributed by atoms with van der Waals surface area (Å²) in [6, 6.07) is 0. The second-order valence-electron chi connectivity index (χ2n) is 4.24. The van der Waals surface area contributed by atoms with Gasteiger partial charge in [0, 0.05) is 0 Å². The minimum atomic E-state index is 0.477. The Balaban J connectivity index is 2.87. The first-order valence-corrected chi connectivity index (χ1v) is 6.50. The van der Waals surface area contributed by atoms with Crippen molar-refractivity contribution >= 4 is 0 Å². The normalized spacial score (nSPS) is 10.2. The maximum absolute atomic E-state index is 9.81. The highest BCUT2D eigenvalue weighted by Crippen LogP contribution is 2.10. The fourth-order valence-electron chi connectivity index (χ4n) is 1.77. The summed E-state index contributed by atoms with van der Waals surface area (Å²) < 4.78 is 0. The quantitative estimate of drug-likeness (QED) is 0.346. The van der Waals surface area contributed by atoms with Gasteiger partial charge in [-0.3, -0.25) is 0 Å². The zero-order chi connectivity index (χ0) is 11.9. The van der Waals surface area contributed by atoms with Gasteiger partial charge in [0.05, 0.1) is 13.1 Å². The summed E-state index contributed by atoms with van der Waals surface area (Å²) in [6.45, 7) is 0.954. The van der Waals surface area contributed by atoms with Crippen LogP contribution in [-0.2, 0) is 0 Å². The molecule has 0 amide bonds. The Morgan fingerprint density at radius 3 is 0.938 bits per heavy atom. The van der Waals surface area contributed by atoms with Crippen LogP contribution in [0.2, 0.25) is 0 Å². The van der Waals surface area contributed by atoms with Crippen LogP contribution in [0.25, 0.3) is 0 Å². The number of rotatable bonds is 13. The van der Waals surface area contributed by atoms with E-state index in [1.165, 1.54) is 38.5 Å². The van der Waals surface area contributed by atoms with Crippen LogP contribution in [0, 0.1) is 9.81 Å². The average Bonchev–Trinajstić information content (AvgIpc) is 2.31. The number of hydrogen-bond acceptors (Lipinski definition) is 4. The monoisotopic (exact) mass is 228 g/mol. The molecule has 4 heteroatoms. The third kappa shape index (κ3) is 13.2. The largest absolute Gasteiger partial charge is 0.151 e. The Morgan fingerprint density at radius 2 is 0.688 bits per heavy atom. The molecule has 0 bridgehead atoms. The molecule has 0 aliphatic heterocycles. The van der Waals surface area contributed by atoms with Gasteiger partial charge in [-0.1, -0.05) is 61.7 Å². The fraction of sp³-hybridized carbons (Fsp3) is 1.00. The zero-order valence-electron chi connectivity index (χ0n) is 10.2. The lowest BCUT2D eigenvalue weighted by Gasteiger charge is -2.00. The van der Waals surface area contributed by atoms with Crippen molar-refractivity contribution < 1.29 is 0 Å². The van der Waals surface area contributed by atoms with E-state index in [-0.39, 0.29) is 0 Å². The molecule has 0 N–H and O–H groups in total. The number of hydrogen-bond donors (Lipinski definition) is 0. The summed E-state index contributed by atoms with van der Waals surface area (Å²) >= 11 is 0. The summed E-state index contributed by atoms with van der Waals surface area (Å²) in [5, 5.41) is 5.68. The maximum atomic E-state index is 9.81. The Morgan fingerprint density at radius 1 is 0.438 bits per heavy atom. The van der Waals surface area contributed by atoms with Crippen molar-refractivity contribution in [2.24, 2.45) is 10.4 Å². The van der Waals surface area contributed by atoms with E-state index in [4.69, 9.17) is 0 Å². The Hall–Kier alpha value is -0.800. The van der Waals surface area contributed by atoms with Crippen molar-refractivity contribution in [3.8, 4) is 0 Å². The van der Waals surface area contributed by atoms with Crippen LogP contribution < -0.4 is 0 Å². The minimum Gasteiger partial charge on any atom is -0.151 e. The van der Waals surface area contributed by atoms with Gasteiger partial charge in [-0.25, -0.2) is 0 Å². The van der Waals surface area contributed by atoms with Crippen LogP contribution >= 0.6 is 0 Å². The molecule has 0 aromatic carbocycles. The van der Waals surface area contributed by atoms with Gasteiger partial charge in [-0.05, 0) is 12.8 Å². The van der Waals surface area contributed by atoms with E-state index in [2.05, 4.69) is 10.4 Å². The molecule has 0 unspecified atom stereocenters. The predicted octanol–water partition coefficient (Wildman–Crippen LogP) is 4.42. The van der Waals surface area contributed by atoms with Gasteiger partial charge < -0.3 is 0 Å². The third-order valence-electron chi connectivity index (χ3n) is 2.75. The molecule has 94 valence electrons. The molecule has 0 heterocycles. The predicted molar refractivity (Wildman–Crippen MR) is 67.5 cm³/mol. The molecular weight excluding hydrogens is 204 g/mol. The molecule has 0 aliphatic rings. The molecular formula is C12H24N2O2. The van der Waals surface area contributed by atoms with Gasteiger partial charge in [0.25, 0.3) is 0 Å². The Bertz CT molecular complexity index is 145. The van der Waals surface area contributed by atoms with Crippen LogP contribution in [0.1, 0.15) is 64.2 Å². The van der Waals surface area contributed by atoms with Gasteiger partial charge in [-0.2, -0.15) is 9.81 Å². The summed E-state index contributed by atoms with van der Waals surface area (Å²) in [6.07, 6.45) is 11.7. The molecule has 0 fully saturated rings. The lowest BCUT2D eigenvalue weighted by Crippen LogP contribution is -1.84. The third-order valence-corrected chi connectivity index (χ3v) is 2.75. The molecule has 0 saturated carbocycles. The van der Waals surface area contributed by atoms with E-state index in [1.807, 2.05) is 0 Å². The first kappa shape index (κ1) is 15.2. The van der Waals surface area contributed by atoms with Crippen molar-refractivity contribution in [2.75, 3.05) is 13.1 Å². The van der Waals surface area contributed by atoms with Crippen LogP contribution in [-0.4, -0.2) is 13.1 Å². The summed E-state index contributed by atoms with van der Waals surface area (Å²) in [5.74, 6) is 0. The summed E-state index contributed by atoms with van der Waals surface area (Å²) in [4.78, 5) is 19.6. The molecule has 0 atom stereocenters. The highest BCUT2D eigenvalue weighted by atomic mass is 16.3. The van der Waals surface area contributed by atoms with Crippen LogP contribution in [0.3, 0.4) is 0 Å². The van der Waals surface area contributed by atoms with Crippen LogP contribution in [0.15, 0.2) is 10.4 Å². The van der Waals surface area contributed by atoms with E-state index in [0.29, 0.717) is 13.1 Å². The van der Waals surface area contributed by atoms with E-state index in [9.17, 15) is 9.81 Å². The molecule has 0 aliphatic carbocycles. The topological polar surface area (TPSA) is 58.9 Å². The molecule has 16 heavy (non-hydrogen) atoms. The lowest BCUT2D eigenvalue weighted by molar-refractivity contribution is 0.554. The van der Waals surface area contributed by atoms with Crippen molar-refractivity contribution in [1.29, 1.82) is 0 Å². The summed E-state index contributed by atoms with van der Waals surface area (Å²) in [7, 11) is 0. The maximum Gasteiger partial charge on any atom is 0.0811 e. The molecule has 0 radical (unpaired) electrons. The highest BCUT2D eigenvalue weighted by molar-refractivity contribution is 4.50. The number of nitroso groups, excluding NO2 is 2. The van der Waals surface area contributed by atoms with E-state index in [0.717, 1.165) is 25.7 Å². The standard InChI is InChI=1S/C12H24N2O2/c15-13-11-9-7-5-3-1-2-4-6-8-10-12-14-16/h1-12H2. The van der Waals surface area contributed by atoms with E-state index in [1.54, 1.807) is 0 Å². The van der Waals surface area contributed by atoms with Crippen LogP contribution in [0.5, 0.6) is 0 Å². The number of nitrogens with zero attached hydrogens (tertiary/aromatic N) is 2. The summed E-state index contributed by atoms with van der Waals surface area (Å²) in [5.41, 5.74) is 0.